The van der Waals surface area contributed by atoms with Crippen LogP contribution in [-0.4, -0.2) is 31.6 Å². The van der Waals surface area contributed by atoms with Gasteiger partial charge in [0, 0.05) is 12.6 Å². The summed E-state index contributed by atoms with van der Waals surface area (Å²) in [4.78, 5) is 14.5. The monoisotopic (exact) mass is 422 g/mol. The van der Waals surface area contributed by atoms with Gasteiger partial charge in [0.25, 0.3) is 5.91 Å². The first kappa shape index (κ1) is 18.8. The zero-order valence-corrected chi connectivity index (χ0v) is 16.2. The van der Waals surface area contributed by atoms with Gasteiger partial charge < -0.3 is 9.47 Å². The molecule has 1 amide bonds. The maximum Gasteiger partial charge on any atom is 0.256 e. The van der Waals surface area contributed by atoms with E-state index in [1.54, 1.807) is 27.7 Å². The number of hydrogen-bond donors (Lipinski definition) is 0. The van der Waals surface area contributed by atoms with Crippen molar-refractivity contribution in [1.29, 1.82) is 0 Å². The van der Waals surface area contributed by atoms with E-state index < -0.39 is 11.6 Å². The van der Waals surface area contributed by atoms with Crippen LogP contribution in [0.3, 0.4) is 0 Å². The van der Waals surface area contributed by atoms with Crippen LogP contribution in [0.5, 0.6) is 0 Å². The van der Waals surface area contributed by atoms with Crippen LogP contribution in [0.25, 0.3) is 11.4 Å². The summed E-state index contributed by atoms with van der Waals surface area (Å²) in [6.45, 7) is 2.39. The summed E-state index contributed by atoms with van der Waals surface area (Å²) < 4.78 is 29.5. The van der Waals surface area contributed by atoms with Gasteiger partial charge in [0.05, 0.1) is 27.7 Å². The number of hydrogen-bond acceptors (Lipinski definition) is 3. The summed E-state index contributed by atoms with van der Waals surface area (Å²) in [6.07, 6.45) is 0. The molecule has 0 fully saturated rings. The molecule has 9 heteroatoms. The number of carbonyl (C=O) groups excluding carboxylic acids is 1. The fourth-order valence-corrected chi connectivity index (χ4v) is 3.67. The average molecular weight is 423 g/mol. The molecule has 144 valence electrons. The minimum atomic E-state index is -0.691. The van der Waals surface area contributed by atoms with Gasteiger partial charge >= 0.3 is 0 Å². The lowest BCUT2D eigenvalue weighted by Crippen LogP contribution is -2.45. The number of amides is 1. The lowest BCUT2D eigenvalue weighted by molar-refractivity contribution is 0.0612. The fourth-order valence-electron chi connectivity index (χ4n) is 3.27. The predicted octanol–water partition coefficient (Wildman–Crippen LogP) is 4.57. The second-order valence-electron chi connectivity index (χ2n) is 6.54. The predicted molar refractivity (Wildman–Crippen MR) is 101 cm³/mol. The lowest BCUT2D eigenvalue weighted by Gasteiger charge is -2.34. The highest BCUT2D eigenvalue weighted by molar-refractivity contribution is 6.43. The first-order valence-corrected chi connectivity index (χ1v) is 9.25. The minimum Gasteiger partial charge on any atom is -0.327 e. The van der Waals surface area contributed by atoms with Gasteiger partial charge in [0.2, 0.25) is 0 Å². The van der Waals surface area contributed by atoms with Crippen molar-refractivity contribution in [2.24, 2.45) is 0 Å². The number of fused-ring (bicyclic) bond motifs is 1. The number of halogens is 4. The zero-order valence-electron chi connectivity index (χ0n) is 14.7. The molecule has 1 aliphatic rings. The average Bonchev–Trinajstić information content (AvgIpc) is 3.08. The van der Waals surface area contributed by atoms with Crippen molar-refractivity contribution in [1.82, 2.24) is 19.7 Å². The number of carbonyl (C=O) groups is 1. The van der Waals surface area contributed by atoms with Crippen molar-refractivity contribution >= 4 is 29.1 Å². The van der Waals surface area contributed by atoms with E-state index in [2.05, 4.69) is 10.2 Å². The molecule has 5 nitrogen and oxygen atoms in total. The molecule has 0 aliphatic carbocycles. The van der Waals surface area contributed by atoms with E-state index in [1.165, 1.54) is 12.1 Å². The molecule has 0 saturated carbocycles. The molecule has 0 saturated heterocycles. The molecular formula is C19H14Cl2F2N4O. The topological polar surface area (TPSA) is 51.0 Å². The quantitative estimate of drug-likeness (QED) is 0.568. The Morgan fingerprint density at radius 3 is 2.57 bits per heavy atom. The number of benzene rings is 2. The van der Waals surface area contributed by atoms with Gasteiger partial charge in [0.1, 0.15) is 11.6 Å². The summed E-state index contributed by atoms with van der Waals surface area (Å²) >= 11 is 11.9. The number of aromatic nitrogens is 3. The highest BCUT2D eigenvalue weighted by Crippen LogP contribution is 2.32. The van der Waals surface area contributed by atoms with Gasteiger partial charge in [-0.1, -0.05) is 35.3 Å². The van der Waals surface area contributed by atoms with Crippen LogP contribution < -0.4 is 0 Å². The van der Waals surface area contributed by atoms with Gasteiger partial charge in [-0.2, -0.15) is 0 Å². The molecule has 4 rings (SSSR count). The Hall–Kier alpha value is -2.51. The minimum absolute atomic E-state index is 0.113. The van der Waals surface area contributed by atoms with Crippen LogP contribution in [-0.2, 0) is 13.1 Å². The normalized spacial score (nSPS) is 16.2. The summed E-state index contributed by atoms with van der Waals surface area (Å²) in [7, 11) is 0. The van der Waals surface area contributed by atoms with E-state index in [4.69, 9.17) is 23.2 Å². The number of rotatable bonds is 2. The molecule has 0 N–H and O–H groups in total. The van der Waals surface area contributed by atoms with E-state index >= 15 is 0 Å². The third-order valence-electron chi connectivity index (χ3n) is 4.76. The second kappa shape index (κ2) is 7.14. The van der Waals surface area contributed by atoms with Crippen molar-refractivity contribution < 1.29 is 13.6 Å². The van der Waals surface area contributed by atoms with E-state index in [-0.39, 0.29) is 34.1 Å². The van der Waals surface area contributed by atoms with Crippen LogP contribution in [0.15, 0.2) is 36.4 Å². The highest BCUT2D eigenvalue weighted by atomic mass is 35.5. The van der Waals surface area contributed by atoms with Crippen molar-refractivity contribution in [3.63, 3.8) is 0 Å². The summed E-state index contributed by atoms with van der Waals surface area (Å²) in [5, 5.41) is 7.82. The van der Waals surface area contributed by atoms with Crippen molar-refractivity contribution in [3.05, 3.63) is 69.5 Å². The Kier molecular flexibility index (Phi) is 4.81. The fraction of sp³-hybridized carbons (Fsp3) is 0.211. The molecule has 28 heavy (non-hydrogen) atoms. The van der Waals surface area contributed by atoms with Crippen LogP contribution in [0.2, 0.25) is 10.0 Å². The van der Waals surface area contributed by atoms with Crippen molar-refractivity contribution in [2.45, 2.75) is 26.1 Å². The summed E-state index contributed by atoms with van der Waals surface area (Å²) in [5.41, 5.74) is 0.462. The molecular weight excluding hydrogens is 409 g/mol. The molecule has 1 atom stereocenters. The first-order chi connectivity index (χ1) is 13.4. The highest BCUT2D eigenvalue weighted by Gasteiger charge is 2.32. The van der Waals surface area contributed by atoms with E-state index in [9.17, 15) is 13.6 Å². The molecule has 0 radical (unpaired) electrons. The molecule has 0 spiro atoms. The van der Waals surface area contributed by atoms with Crippen LogP contribution in [0, 0.1) is 11.6 Å². The number of nitrogens with zero attached hydrogens (tertiary/aromatic N) is 4. The summed E-state index contributed by atoms with van der Waals surface area (Å²) in [6, 6.07) is 8.49. The van der Waals surface area contributed by atoms with Crippen LogP contribution >= 0.6 is 23.2 Å². The van der Waals surface area contributed by atoms with Gasteiger partial charge in [-0.3, -0.25) is 4.79 Å². The van der Waals surface area contributed by atoms with Gasteiger partial charge in [-0.25, -0.2) is 8.78 Å². The SMILES string of the molecule is CC1Cn2c(nnc2-c2ccccc2F)CN1C(=O)c1ccc(F)c(Cl)c1Cl. The first-order valence-electron chi connectivity index (χ1n) is 8.50. The lowest BCUT2D eigenvalue weighted by atomic mass is 10.1. The Labute approximate surface area is 169 Å². The molecule has 1 aliphatic heterocycles. The Bertz CT molecular complexity index is 1090. The Balaban J connectivity index is 1.68. The van der Waals surface area contributed by atoms with E-state index in [0.717, 1.165) is 6.07 Å². The molecule has 1 aromatic heterocycles. The Morgan fingerprint density at radius 1 is 1.07 bits per heavy atom. The van der Waals surface area contributed by atoms with Crippen LogP contribution in [0.4, 0.5) is 8.78 Å². The third-order valence-corrected chi connectivity index (χ3v) is 5.62. The molecule has 2 aromatic carbocycles. The summed E-state index contributed by atoms with van der Waals surface area (Å²) in [5.74, 6) is -0.536. The smallest absolute Gasteiger partial charge is 0.256 e. The largest absolute Gasteiger partial charge is 0.327 e. The zero-order chi connectivity index (χ0) is 20.0. The maximum atomic E-state index is 14.2. The van der Waals surface area contributed by atoms with E-state index in [0.29, 0.717) is 23.8 Å². The molecule has 3 aromatic rings. The molecule has 1 unspecified atom stereocenters. The van der Waals surface area contributed by atoms with Gasteiger partial charge in [-0.05, 0) is 31.2 Å². The standard InChI is InChI=1S/C19H14Cl2F2N4O/c1-10-8-27-15(24-25-18(27)11-4-2-3-5-13(11)22)9-26(10)19(28)12-6-7-14(23)17(21)16(12)20/h2-7,10H,8-9H2,1H3. The van der Waals surface area contributed by atoms with Gasteiger partial charge in [0.15, 0.2) is 11.6 Å². The maximum absolute atomic E-state index is 14.2. The van der Waals surface area contributed by atoms with Crippen LogP contribution in [0.1, 0.15) is 23.1 Å². The van der Waals surface area contributed by atoms with Gasteiger partial charge in [-0.15, -0.1) is 10.2 Å². The molecule has 2 heterocycles. The van der Waals surface area contributed by atoms with Crippen molar-refractivity contribution in [2.75, 3.05) is 0 Å². The molecule has 0 bridgehead atoms. The second-order valence-corrected chi connectivity index (χ2v) is 7.29. The van der Waals surface area contributed by atoms with E-state index in [1.807, 2.05) is 6.92 Å². The Morgan fingerprint density at radius 2 is 1.82 bits per heavy atom. The van der Waals surface area contributed by atoms with Crippen molar-refractivity contribution in [3.8, 4) is 11.4 Å². The third kappa shape index (κ3) is 3.04.